The van der Waals surface area contributed by atoms with Gasteiger partial charge < -0.3 is 15.4 Å². The third kappa shape index (κ3) is 3.47. The van der Waals surface area contributed by atoms with Gasteiger partial charge in [-0.1, -0.05) is 41.6 Å². The smallest absolute Gasteiger partial charge is 0.171 e. The molecule has 5 heteroatoms. The minimum atomic E-state index is 0.0231. The topological polar surface area (TPSA) is 84.6 Å². The summed E-state index contributed by atoms with van der Waals surface area (Å²) in [4.78, 5) is 4.26. The van der Waals surface area contributed by atoms with Crippen molar-refractivity contribution in [1.82, 2.24) is 4.98 Å². The Morgan fingerprint density at radius 2 is 1.87 bits per heavy atom. The molecule has 0 saturated carbocycles. The van der Waals surface area contributed by atoms with E-state index in [0.29, 0.717) is 17.0 Å². The van der Waals surface area contributed by atoms with Gasteiger partial charge in [-0.2, -0.15) is 0 Å². The van der Waals surface area contributed by atoms with Gasteiger partial charge in [0.1, 0.15) is 11.5 Å². The van der Waals surface area contributed by atoms with Crippen molar-refractivity contribution in [2.75, 3.05) is 0 Å². The Labute approximate surface area is 133 Å². The highest BCUT2D eigenvalue weighted by Gasteiger charge is 2.06. The van der Waals surface area contributed by atoms with E-state index in [2.05, 4.69) is 10.1 Å². The molecular formula is C18H15N3O2. The van der Waals surface area contributed by atoms with E-state index in [-0.39, 0.29) is 5.84 Å². The van der Waals surface area contributed by atoms with Crippen LogP contribution in [0, 0.1) is 0 Å². The van der Waals surface area contributed by atoms with Crippen LogP contribution < -0.4 is 5.73 Å². The van der Waals surface area contributed by atoms with E-state index in [0.717, 1.165) is 11.3 Å². The fraction of sp³-hybridized carbons (Fsp3) is 0. The lowest BCUT2D eigenvalue weighted by Crippen LogP contribution is -2.13. The lowest BCUT2D eigenvalue weighted by atomic mass is 10.2. The minimum absolute atomic E-state index is 0.0231. The molecule has 1 aromatic carbocycles. The summed E-state index contributed by atoms with van der Waals surface area (Å²) in [5.41, 5.74) is 7.84. The maximum Gasteiger partial charge on any atom is 0.171 e. The number of hydrogen-bond acceptors (Lipinski definition) is 4. The number of hydrogen-bond donors (Lipinski definition) is 2. The van der Waals surface area contributed by atoms with Gasteiger partial charge in [0.05, 0.1) is 0 Å². The Balaban J connectivity index is 1.78. The molecule has 0 aliphatic rings. The molecule has 0 radical (unpaired) electrons. The molecule has 0 bridgehead atoms. The Morgan fingerprint density at radius 3 is 2.57 bits per heavy atom. The van der Waals surface area contributed by atoms with Crippen LogP contribution >= 0.6 is 0 Å². The highest BCUT2D eigenvalue weighted by molar-refractivity contribution is 5.96. The van der Waals surface area contributed by atoms with Crippen molar-refractivity contribution in [3.8, 4) is 11.5 Å². The second kappa shape index (κ2) is 6.62. The summed E-state index contributed by atoms with van der Waals surface area (Å²) >= 11 is 0. The molecule has 0 unspecified atom stereocenters. The van der Waals surface area contributed by atoms with Crippen molar-refractivity contribution in [3.63, 3.8) is 0 Å². The van der Waals surface area contributed by atoms with Crippen LogP contribution in [0.15, 0.2) is 70.4 Å². The number of nitrogens with two attached hydrogens (primary N) is 1. The molecule has 0 atom stereocenters. The molecule has 0 spiro atoms. The van der Waals surface area contributed by atoms with E-state index in [4.69, 9.17) is 15.4 Å². The Kier molecular flexibility index (Phi) is 4.20. The number of benzene rings is 1. The van der Waals surface area contributed by atoms with Crippen LogP contribution in [0.25, 0.3) is 23.6 Å². The molecule has 0 aliphatic carbocycles. The number of amidine groups is 1. The van der Waals surface area contributed by atoms with Gasteiger partial charge >= 0.3 is 0 Å². The third-order valence-electron chi connectivity index (χ3n) is 3.29. The van der Waals surface area contributed by atoms with E-state index in [1.165, 1.54) is 6.20 Å². The maximum absolute atomic E-state index is 8.64. The van der Waals surface area contributed by atoms with E-state index in [1.54, 1.807) is 12.1 Å². The zero-order valence-electron chi connectivity index (χ0n) is 12.3. The summed E-state index contributed by atoms with van der Waals surface area (Å²) in [6, 6.07) is 17.2. The number of nitrogens with zero attached hydrogens (tertiary/aromatic N) is 2. The number of aromatic nitrogens is 1. The summed E-state index contributed by atoms with van der Waals surface area (Å²) in [5, 5.41) is 11.6. The molecule has 3 rings (SSSR count). The Hall–Kier alpha value is -3.34. The second-order valence-corrected chi connectivity index (χ2v) is 4.86. The van der Waals surface area contributed by atoms with Crippen LogP contribution in [0.3, 0.4) is 0 Å². The van der Waals surface area contributed by atoms with Gasteiger partial charge in [-0.3, -0.25) is 4.98 Å². The van der Waals surface area contributed by atoms with E-state index in [9.17, 15) is 0 Å². The highest BCUT2D eigenvalue weighted by Crippen LogP contribution is 2.21. The zero-order chi connectivity index (χ0) is 16.1. The number of rotatable bonds is 4. The predicted octanol–water partition coefficient (Wildman–Crippen LogP) is 3.61. The van der Waals surface area contributed by atoms with Gasteiger partial charge in [-0.25, -0.2) is 0 Å². The van der Waals surface area contributed by atoms with Gasteiger partial charge in [-0.05, 0) is 35.9 Å². The van der Waals surface area contributed by atoms with Gasteiger partial charge in [0, 0.05) is 11.8 Å². The first-order valence-corrected chi connectivity index (χ1v) is 7.03. The highest BCUT2D eigenvalue weighted by atomic mass is 16.4. The molecule has 2 aromatic heterocycles. The molecule has 0 amide bonds. The molecule has 23 heavy (non-hydrogen) atoms. The van der Waals surface area contributed by atoms with Crippen LogP contribution in [0.4, 0.5) is 0 Å². The molecule has 114 valence electrons. The molecule has 0 fully saturated rings. The van der Waals surface area contributed by atoms with Crippen LogP contribution in [0.1, 0.15) is 16.9 Å². The number of oxime groups is 1. The van der Waals surface area contributed by atoms with Gasteiger partial charge in [0.15, 0.2) is 11.6 Å². The SMILES string of the molecule is NC(=NO)c1ccc(-c2ccc(C=Cc3ccccc3)o2)nc1. The lowest BCUT2D eigenvalue weighted by molar-refractivity contribution is 0.318. The fourth-order valence-corrected chi connectivity index (χ4v) is 2.07. The van der Waals surface area contributed by atoms with Gasteiger partial charge in [0.2, 0.25) is 0 Å². The Morgan fingerprint density at radius 1 is 1.04 bits per heavy atom. The zero-order valence-corrected chi connectivity index (χ0v) is 12.3. The second-order valence-electron chi connectivity index (χ2n) is 4.86. The summed E-state index contributed by atoms with van der Waals surface area (Å²) < 4.78 is 5.76. The van der Waals surface area contributed by atoms with Crippen molar-refractivity contribution < 1.29 is 9.62 Å². The predicted molar refractivity (Wildman–Crippen MR) is 89.8 cm³/mol. The standard InChI is InChI=1S/C18H15N3O2/c19-18(21-22)14-7-10-16(20-12-14)17-11-9-15(23-17)8-6-13-4-2-1-3-5-13/h1-12,22H,(H2,19,21). The first-order valence-electron chi connectivity index (χ1n) is 7.03. The fourth-order valence-electron chi connectivity index (χ4n) is 2.07. The first kappa shape index (κ1) is 14.6. The van der Waals surface area contributed by atoms with Gasteiger partial charge in [0.25, 0.3) is 0 Å². The summed E-state index contributed by atoms with van der Waals surface area (Å²) in [5.74, 6) is 1.42. The van der Waals surface area contributed by atoms with Crippen LogP contribution in [0.2, 0.25) is 0 Å². The van der Waals surface area contributed by atoms with Crippen molar-refractivity contribution in [2.24, 2.45) is 10.9 Å². The quantitative estimate of drug-likeness (QED) is 0.334. The molecule has 3 N–H and O–H groups in total. The Bertz CT molecular complexity index is 834. The molecule has 3 aromatic rings. The minimum Gasteiger partial charge on any atom is -0.455 e. The third-order valence-corrected chi connectivity index (χ3v) is 3.29. The molecule has 2 heterocycles. The number of furan rings is 1. The molecule has 5 nitrogen and oxygen atoms in total. The largest absolute Gasteiger partial charge is 0.455 e. The van der Waals surface area contributed by atoms with E-state index < -0.39 is 0 Å². The van der Waals surface area contributed by atoms with Crippen LogP contribution in [-0.4, -0.2) is 16.0 Å². The maximum atomic E-state index is 8.64. The summed E-state index contributed by atoms with van der Waals surface area (Å²) in [7, 11) is 0. The molecule has 0 saturated heterocycles. The van der Waals surface area contributed by atoms with Crippen molar-refractivity contribution in [1.29, 1.82) is 0 Å². The van der Waals surface area contributed by atoms with E-state index in [1.807, 2.05) is 54.6 Å². The van der Waals surface area contributed by atoms with Crippen LogP contribution in [0.5, 0.6) is 0 Å². The summed E-state index contributed by atoms with van der Waals surface area (Å²) in [6.07, 6.45) is 5.42. The first-order chi connectivity index (χ1) is 11.3. The normalized spacial score (nSPS) is 11.9. The average molecular weight is 305 g/mol. The van der Waals surface area contributed by atoms with Crippen molar-refractivity contribution >= 4 is 18.0 Å². The van der Waals surface area contributed by atoms with Crippen molar-refractivity contribution in [2.45, 2.75) is 0 Å². The summed E-state index contributed by atoms with van der Waals surface area (Å²) in [6.45, 7) is 0. The van der Waals surface area contributed by atoms with Crippen molar-refractivity contribution in [3.05, 3.63) is 77.7 Å². The lowest BCUT2D eigenvalue weighted by Gasteiger charge is -1.99. The monoisotopic (exact) mass is 305 g/mol. The number of pyridine rings is 1. The van der Waals surface area contributed by atoms with Gasteiger partial charge in [-0.15, -0.1) is 0 Å². The van der Waals surface area contributed by atoms with E-state index >= 15 is 0 Å². The molecular weight excluding hydrogens is 290 g/mol. The molecule has 0 aliphatic heterocycles. The average Bonchev–Trinajstić information content (AvgIpc) is 3.09. The van der Waals surface area contributed by atoms with Crippen LogP contribution in [-0.2, 0) is 0 Å².